The minimum Gasteiger partial charge on any atom is -0.305 e. The van der Waals surface area contributed by atoms with E-state index in [1.807, 2.05) is 13.0 Å². The first-order valence-electron chi connectivity index (χ1n) is 4.54. The van der Waals surface area contributed by atoms with E-state index in [-0.39, 0.29) is 0 Å². The number of hydrogen-bond donors (Lipinski definition) is 1. The minimum atomic E-state index is -1.88. The Balaban J connectivity index is 3.12. The third-order valence-corrected chi connectivity index (χ3v) is 3.44. The summed E-state index contributed by atoms with van der Waals surface area (Å²) in [4.78, 5) is 4.06. The first kappa shape index (κ1) is 11.3. The summed E-state index contributed by atoms with van der Waals surface area (Å²) in [5, 5.41) is 0. The quantitative estimate of drug-likeness (QED) is 0.782. The zero-order chi connectivity index (χ0) is 10.8. The maximum absolute atomic E-state index is 11.1. The molecule has 1 aromatic rings. The fourth-order valence-electron chi connectivity index (χ4n) is 1.11. The van der Waals surface area contributed by atoms with Crippen molar-refractivity contribution in [2.45, 2.75) is 31.9 Å². The van der Waals surface area contributed by atoms with E-state index in [2.05, 4.69) is 4.98 Å². The third kappa shape index (κ3) is 2.19. The van der Waals surface area contributed by atoms with Crippen LogP contribution in [0.5, 0.6) is 0 Å². The van der Waals surface area contributed by atoms with Crippen LogP contribution in [0.2, 0.25) is 0 Å². The molecule has 0 spiro atoms. The van der Waals surface area contributed by atoms with Crippen molar-refractivity contribution in [2.75, 3.05) is 0 Å². The van der Waals surface area contributed by atoms with Crippen molar-refractivity contribution in [3.8, 4) is 0 Å². The first-order valence-corrected chi connectivity index (χ1v) is 5.64. The molecule has 0 saturated heterocycles. The van der Waals surface area contributed by atoms with Gasteiger partial charge in [0.15, 0.2) is 11.1 Å². The summed E-state index contributed by atoms with van der Waals surface area (Å²) < 4.78 is 19.5. The van der Waals surface area contributed by atoms with E-state index in [0.717, 1.165) is 17.5 Å². The summed E-state index contributed by atoms with van der Waals surface area (Å²) in [6.45, 7) is 5.50. The molecule has 0 bridgehead atoms. The molecule has 78 valence electrons. The lowest BCUT2D eigenvalue weighted by Gasteiger charge is -2.20. The van der Waals surface area contributed by atoms with Gasteiger partial charge in [0.05, 0.1) is 4.75 Å². The monoisotopic (exact) mass is 213 g/mol. The molecule has 0 fully saturated rings. The molecule has 14 heavy (non-hydrogen) atoms. The predicted octanol–water partition coefficient (Wildman–Crippen LogP) is 2.10. The van der Waals surface area contributed by atoms with Gasteiger partial charge in [-0.1, -0.05) is 13.0 Å². The molecule has 1 heterocycles. The van der Waals surface area contributed by atoms with Gasteiger partial charge in [0, 0.05) is 12.4 Å². The van der Waals surface area contributed by atoms with Crippen LogP contribution < -0.4 is 0 Å². The maximum Gasteiger partial charge on any atom is 0.163 e. The van der Waals surface area contributed by atoms with Crippen molar-refractivity contribution in [2.24, 2.45) is 0 Å². The second-order valence-electron chi connectivity index (χ2n) is 3.69. The Morgan fingerprint density at radius 1 is 1.50 bits per heavy atom. The summed E-state index contributed by atoms with van der Waals surface area (Å²) in [5.74, 6) is 0. The maximum atomic E-state index is 11.1. The summed E-state index contributed by atoms with van der Waals surface area (Å²) in [7, 11) is 0. The van der Waals surface area contributed by atoms with Crippen molar-refractivity contribution in [1.29, 1.82) is 0 Å². The molecule has 0 aromatic carbocycles. The molecule has 3 nitrogen and oxygen atoms in total. The number of rotatable bonds is 3. The third-order valence-electron chi connectivity index (χ3n) is 2.33. The first-order chi connectivity index (χ1) is 6.48. The molecule has 1 rings (SSSR count). The Morgan fingerprint density at radius 3 is 2.64 bits per heavy atom. The van der Waals surface area contributed by atoms with Crippen LogP contribution >= 0.6 is 0 Å². The summed E-state index contributed by atoms with van der Waals surface area (Å²) in [6, 6.07) is 1.93. The van der Waals surface area contributed by atoms with Gasteiger partial charge in [0.2, 0.25) is 0 Å². The molecule has 0 radical (unpaired) electrons. The zero-order valence-electron chi connectivity index (χ0n) is 8.65. The van der Waals surface area contributed by atoms with E-state index in [1.54, 1.807) is 26.2 Å². The lowest BCUT2D eigenvalue weighted by molar-refractivity contribution is 0.522. The zero-order valence-corrected chi connectivity index (χ0v) is 9.47. The molecule has 1 unspecified atom stereocenters. The molecule has 1 N–H and O–H groups in total. The van der Waals surface area contributed by atoms with Crippen LogP contribution in [0.15, 0.2) is 18.5 Å². The van der Waals surface area contributed by atoms with Crippen molar-refractivity contribution in [1.82, 2.24) is 4.98 Å². The van der Waals surface area contributed by atoms with Gasteiger partial charge in [-0.2, -0.15) is 0 Å². The van der Waals surface area contributed by atoms with Crippen LogP contribution in [0.3, 0.4) is 0 Å². The van der Waals surface area contributed by atoms with Crippen LogP contribution in [-0.2, 0) is 22.2 Å². The van der Waals surface area contributed by atoms with Crippen LogP contribution in [-0.4, -0.2) is 13.7 Å². The largest absolute Gasteiger partial charge is 0.305 e. The summed E-state index contributed by atoms with van der Waals surface area (Å²) in [6.07, 6.45) is 4.31. The number of aromatic nitrogens is 1. The van der Waals surface area contributed by atoms with Crippen LogP contribution in [0.25, 0.3) is 0 Å². The molecule has 1 aromatic heterocycles. The molecule has 0 saturated carbocycles. The summed E-state index contributed by atoms with van der Waals surface area (Å²) >= 11 is -1.88. The average molecular weight is 213 g/mol. The number of hydrogen-bond acceptors (Lipinski definition) is 2. The molecular weight excluding hydrogens is 198 g/mol. The highest BCUT2D eigenvalue weighted by molar-refractivity contribution is 7.80. The fourth-order valence-corrected chi connectivity index (χ4v) is 1.42. The Bertz CT molecular complexity index is 350. The second kappa shape index (κ2) is 4.19. The van der Waals surface area contributed by atoms with Crippen molar-refractivity contribution < 1.29 is 8.76 Å². The summed E-state index contributed by atoms with van der Waals surface area (Å²) in [5.41, 5.74) is 1.89. The highest BCUT2D eigenvalue weighted by Crippen LogP contribution is 2.25. The van der Waals surface area contributed by atoms with E-state index < -0.39 is 15.8 Å². The van der Waals surface area contributed by atoms with Gasteiger partial charge >= 0.3 is 0 Å². The van der Waals surface area contributed by atoms with Gasteiger partial charge in [0.25, 0.3) is 0 Å². The Kier molecular flexibility index (Phi) is 3.39. The standard InChI is InChI=1S/C10H15NO2S/c1-4-8-5-9(7-11-6-8)10(2,3)14(12)13/h5-7H,4H2,1-3H3,(H,12,13). The topological polar surface area (TPSA) is 50.2 Å². The van der Waals surface area contributed by atoms with E-state index in [9.17, 15) is 4.21 Å². The molecule has 1 atom stereocenters. The minimum absolute atomic E-state index is 0.752. The van der Waals surface area contributed by atoms with E-state index in [1.165, 1.54) is 0 Å². The molecule has 0 aliphatic rings. The van der Waals surface area contributed by atoms with Gasteiger partial charge in [-0.15, -0.1) is 0 Å². The number of nitrogens with zero attached hydrogens (tertiary/aromatic N) is 1. The lowest BCUT2D eigenvalue weighted by Crippen LogP contribution is -2.23. The molecule has 0 amide bonds. The lowest BCUT2D eigenvalue weighted by atomic mass is 10.0. The van der Waals surface area contributed by atoms with Crippen LogP contribution in [0.1, 0.15) is 31.9 Å². The smallest absolute Gasteiger partial charge is 0.163 e. The number of pyridine rings is 1. The van der Waals surface area contributed by atoms with E-state index in [0.29, 0.717) is 0 Å². The van der Waals surface area contributed by atoms with E-state index in [4.69, 9.17) is 4.55 Å². The molecule has 0 aliphatic heterocycles. The highest BCUT2D eigenvalue weighted by atomic mass is 32.2. The predicted molar refractivity (Wildman–Crippen MR) is 57.4 cm³/mol. The number of aryl methyl sites for hydroxylation is 1. The normalized spacial score (nSPS) is 14.0. The van der Waals surface area contributed by atoms with Crippen molar-refractivity contribution in [3.05, 3.63) is 29.6 Å². The van der Waals surface area contributed by atoms with Gasteiger partial charge < -0.3 is 4.55 Å². The van der Waals surface area contributed by atoms with Crippen LogP contribution in [0.4, 0.5) is 0 Å². The van der Waals surface area contributed by atoms with Gasteiger partial charge in [-0.25, -0.2) is 4.21 Å². The highest BCUT2D eigenvalue weighted by Gasteiger charge is 2.27. The Labute approximate surface area is 86.9 Å². The van der Waals surface area contributed by atoms with Crippen molar-refractivity contribution >= 4 is 11.1 Å². The molecule has 4 heteroatoms. The van der Waals surface area contributed by atoms with Crippen molar-refractivity contribution in [3.63, 3.8) is 0 Å². The Hall–Kier alpha value is -0.740. The van der Waals surface area contributed by atoms with Crippen LogP contribution in [0, 0.1) is 0 Å². The van der Waals surface area contributed by atoms with Gasteiger partial charge in [-0.05, 0) is 31.4 Å². The average Bonchev–Trinajstić information content (AvgIpc) is 2.17. The van der Waals surface area contributed by atoms with Gasteiger partial charge in [-0.3, -0.25) is 4.98 Å². The fraction of sp³-hybridized carbons (Fsp3) is 0.500. The molecular formula is C10H15NO2S. The van der Waals surface area contributed by atoms with Gasteiger partial charge in [0.1, 0.15) is 0 Å². The van der Waals surface area contributed by atoms with E-state index >= 15 is 0 Å². The Morgan fingerprint density at radius 2 is 2.14 bits per heavy atom. The second-order valence-corrected chi connectivity index (χ2v) is 5.21. The SMILES string of the molecule is CCc1cncc(C(C)(C)S(=O)O)c1. The molecule has 0 aliphatic carbocycles.